The molecule has 1 fully saturated rings. The Kier molecular flexibility index (Phi) is 6.69. The van der Waals surface area contributed by atoms with E-state index in [1.807, 2.05) is 30.5 Å². The minimum atomic E-state index is -1.03. The molecule has 2 atom stereocenters. The molecule has 2 unspecified atom stereocenters. The molecule has 1 aromatic carbocycles. The maximum atomic E-state index is 12.8. The van der Waals surface area contributed by atoms with E-state index >= 15 is 0 Å². The molecule has 1 amide bonds. The number of benzene rings is 1. The fourth-order valence-electron chi connectivity index (χ4n) is 3.93. The van der Waals surface area contributed by atoms with Crippen molar-refractivity contribution >= 4 is 40.9 Å². The van der Waals surface area contributed by atoms with Crippen LogP contribution in [0.2, 0.25) is 0 Å². The van der Waals surface area contributed by atoms with Crippen LogP contribution in [0.15, 0.2) is 29.2 Å². The Morgan fingerprint density at radius 2 is 1.84 bits per heavy atom. The van der Waals surface area contributed by atoms with Gasteiger partial charge in [-0.2, -0.15) is 0 Å². The third-order valence-electron chi connectivity index (χ3n) is 5.54. The van der Waals surface area contributed by atoms with E-state index in [9.17, 15) is 19.2 Å². The second-order valence-corrected chi connectivity index (χ2v) is 8.61. The Bertz CT molecular complexity index is 1040. The number of carbonyl (C=O) groups is 4. The van der Waals surface area contributed by atoms with Gasteiger partial charge in [0, 0.05) is 34.8 Å². The average Bonchev–Trinajstić information content (AvgIpc) is 3.26. The maximum Gasteiger partial charge on any atom is 0.312 e. The number of hydrogen-bond donors (Lipinski definition) is 1. The minimum Gasteiger partial charge on any atom is -0.454 e. The number of rotatable bonds is 7. The summed E-state index contributed by atoms with van der Waals surface area (Å²) in [7, 11) is 0. The van der Waals surface area contributed by atoms with Crippen molar-refractivity contribution in [3.8, 4) is 0 Å². The quantitative estimate of drug-likeness (QED) is 0.399. The molecule has 0 radical (unpaired) electrons. The first-order valence-corrected chi connectivity index (χ1v) is 11.3. The molecule has 1 saturated heterocycles. The number of H-pyrrole nitrogens is 1. The first-order valence-electron chi connectivity index (χ1n) is 10.0. The normalized spacial score (nSPS) is 17.0. The Balaban J connectivity index is 1.67. The molecule has 0 spiro atoms. The molecule has 2 heterocycles. The molecule has 0 saturated carbocycles. The smallest absolute Gasteiger partial charge is 0.312 e. The zero-order chi connectivity index (χ0) is 22.9. The molecule has 0 bridgehead atoms. The monoisotopic (exact) mass is 442 g/mol. The van der Waals surface area contributed by atoms with Gasteiger partial charge in [-0.25, -0.2) is 0 Å². The Hall–Kier alpha value is -2.87. The molecular formula is C23H26N2O5S. The van der Waals surface area contributed by atoms with Gasteiger partial charge in [0.1, 0.15) is 0 Å². The lowest BCUT2D eigenvalue weighted by molar-refractivity contribution is -0.151. The van der Waals surface area contributed by atoms with Crippen LogP contribution in [0.4, 0.5) is 5.69 Å². The van der Waals surface area contributed by atoms with Crippen LogP contribution in [0.5, 0.6) is 0 Å². The van der Waals surface area contributed by atoms with Gasteiger partial charge in [0.05, 0.1) is 11.6 Å². The van der Waals surface area contributed by atoms with E-state index in [0.29, 0.717) is 16.8 Å². The predicted molar refractivity (Wildman–Crippen MR) is 119 cm³/mol. The Labute approximate surface area is 185 Å². The highest BCUT2D eigenvalue weighted by Crippen LogP contribution is 2.28. The van der Waals surface area contributed by atoms with Gasteiger partial charge in [-0.15, -0.1) is 11.8 Å². The number of ketones is 2. The van der Waals surface area contributed by atoms with Crippen LogP contribution in [-0.2, 0) is 14.3 Å². The molecule has 0 aliphatic carbocycles. The number of aryl methyl sites for hydroxylation is 1. The van der Waals surface area contributed by atoms with Gasteiger partial charge in [0.25, 0.3) is 0 Å². The van der Waals surface area contributed by atoms with E-state index in [2.05, 4.69) is 4.98 Å². The molecule has 31 heavy (non-hydrogen) atoms. The second kappa shape index (κ2) is 9.09. The third-order valence-corrected chi connectivity index (χ3v) is 6.28. The van der Waals surface area contributed by atoms with E-state index < -0.39 is 23.8 Å². The lowest BCUT2D eigenvalue weighted by Gasteiger charge is -2.18. The third kappa shape index (κ3) is 4.58. The maximum absolute atomic E-state index is 12.8. The number of esters is 1. The van der Waals surface area contributed by atoms with Crippen molar-refractivity contribution in [3.05, 3.63) is 46.8 Å². The van der Waals surface area contributed by atoms with E-state index in [-0.39, 0.29) is 30.3 Å². The highest BCUT2D eigenvalue weighted by atomic mass is 32.2. The van der Waals surface area contributed by atoms with Crippen molar-refractivity contribution in [2.24, 2.45) is 5.92 Å². The first kappa shape index (κ1) is 22.8. The molecule has 1 aliphatic heterocycles. The van der Waals surface area contributed by atoms with Crippen molar-refractivity contribution in [3.63, 3.8) is 0 Å². The van der Waals surface area contributed by atoms with Gasteiger partial charge in [0.15, 0.2) is 11.9 Å². The fourth-order valence-corrected chi connectivity index (χ4v) is 4.34. The van der Waals surface area contributed by atoms with Crippen LogP contribution in [0.3, 0.4) is 0 Å². The average molecular weight is 443 g/mol. The van der Waals surface area contributed by atoms with Crippen molar-refractivity contribution in [2.45, 2.75) is 45.1 Å². The summed E-state index contributed by atoms with van der Waals surface area (Å²) in [4.78, 5) is 55.3. The van der Waals surface area contributed by atoms with Crippen LogP contribution >= 0.6 is 11.8 Å². The number of aromatic amines is 1. The van der Waals surface area contributed by atoms with E-state index in [0.717, 1.165) is 10.6 Å². The molecule has 164 valence electrons. The fraction of sp³-hybridized carbons (Fsp3) is 0.391. The predicted octanol–water partition coefficient (Wildman–Crippen LogP) is 3.72. The number of aromatic nitrogens is 1. The number of nitrogens with one attached hydrogen (secondary N) is 1. The Morgan fingerprint density at radius 1 is 1.19 bits per heavy atom. The van der Waals surface area contributed by atoms with Crippen molar-refractivity contribution in [1.82, 2.24) is 4.98 Å². The summed E-state index contributed by atoms with van der Waals surface area (Å²) >= 11 is 1.61. The van der Waals surface area contributed by atoms with Crippen LogP contribution in [0.25, 0.3) is 0 Å². The molecule has 2 aromatic rings. The lowest BCUT2D eigenvalue weighted by atomic mass is 10.0. The molecule has 8 heteroatoms. The number of carbonyl (C=O) groups excluding carboxylic acids is 4. The van der Waals surface area contributed by atoms with Crippen molar-refractivity contribution < 1.29 is 23.9 Å². The highest BCUT2D eigenvalue weighted by molar-refractivity contribution is 7.98. The van der Waals surface area contributed by atoms with Gasteiger partial charge in [0.2, 0.25) is 11.7 Å². The van der Waals surface area contributed by atoms with Crippen LogP contribution < -0.4 is 4.90 Å². The summed E-state index contributed by atoms with van der Waals surface area (Å²) in [6.07, 6.45) is 0.981. The SMILES string of the molecule is CSc1ccc(N2CC(C(=O)OC(C)C(=O)c3[nH]c(C)c(C(C)=O)c3C)CC2=O)cc1. The molecule has 1 N–H and O–H groups in total. The number of anilines is 1. The standard InChI is InChI=1S/C23H26N2O5S/c1-12-20(14(3)26)13(2)24-21(12)22(28)15(4)30-23(29)16-10-19(27)25(11-16)17-6-8-18(31-5)9-7-17/h6-9,15-16,24H,10-11H2,1-5H3. The number of ether oxygens (including phenoxy) is 1. The molecule has 7 nitrogen and oxygen atoms in total. The minimum absolute atomic E-state index is 0.0408. The zero-order valence-corrected chi connectivity index (χ0v) is 19.1. The Morgan fingerprint density at radius 3 is 2.39 bits per heavy atom. The largest absolute Gasteiger partial charge is 0.454 e. The van der Waals surface area contributed by atoms with E-state index in [4.69, 9.17) is 4.74 Å². The number of thioether (sulfide) groups is 1. The van der Waals surface area contributed by atoms with Crippen LogP contribution in [-0.4, -0.2) is 47.3 Å². The summed E-state index contributed by atoms with van der Waals surface area (Å²) in [6.45, 7) is 6.57. The van der Waals surface area contributed by atoms with E-state index in [1.165, 1.54) is 13.8 Å². The summed E-state index contributed by atoms with van der Waals surface area (Å²) in [5, 5.41) is 0. The topological polar surface area (TPSA) is 96.5 Å². The van der Waals surface area contributed by atoms with Crippen LogP contribution in [0, 0.1) is 19.8 Å². The van der Waals surface area contributed by atoms with Gasteiger partial charge < -0.3 is 14.6 Å². The summed E-state index contributed by atoms with van der Waals surface area (Å²) in [5.74, 6) is -1.91. The lowest BCUT2D eigenvalue weighted by Crippen LogP contribution is -2.30. The highest BCUT2D eigenvalue weighted by Gasteiger charge is 2.37. The summed E-state index contributed by atoms with van der Waals surface area (Å²) < 4.78 is 5.41. The van der Waals surface area contributed by atoms with Gasteiger partial charge in [-0.1, -0.05) is 0 Å². The van der Waals surface area contributed by atoms with Crippen molar-refractivity contribution in [2.75, 3.05) is 17.7 Å². The summed E-state index contributed by atoms with van der Waals surface area (Å²) in [5.41, 5.74) is 2.63. The molecule has 3 rings (SSSR count). The number of nitrogens with zero attached hydrogens (tertiary/aromatic N) is 1. The first-order chi connectivity index (χ1) is 14.6. The molecule has 1 aromatic heterocycles. The van der Waals surface area contributed by atoms with Crippen molar-refractivity contribution in [1.29, 1.82) is 0 Å². The molecular weight excluding hydrogens is 416 g/mol. The number of hydrogen-bond acceptors (Lipinski definition) is 6. The van der Waals surface area contributed by atoms with Gasteiger partial charge in [-0.3, -0.25) is 19.2 Å². The summed E-state index contributed by atoms with van der Waals surface area (Å²) in [6, 6.07) is 7.56. The van der Waals surface area contributed by atoms with E-state index in [1.54, 1.807) is 30.5 Å². The van der Waals surface area contributed by atoms with Gasteiger partial charge in [-0.05, 0) is 63.8 Å². The number of Topliss-reactive ketones (excluding diaryl/α,β-unsaturated/α-hetero) is 2. The number of amides is 1. The molecule has 1 aliphatic rings. The van der Waals surface area contributed by atoms with Gasteiger partial charge >= 0.3 is 5.97 Å². The van der Waals surface area contributed by atoms with Crippen LogP contribution in [0.1, 0.15) is 52.4 Å². The second-order valence-electron chi connectivity index (χ2n) is 7.73. The zero-order valence-electron chi connectivity index (χ0n) is 18.3.